The van der Waals surface area contributed by atoms with Crippen LogP contribution in [0.5, 0.6) is 11.8 Å². The summed E-state index contributed by atoms with van der Waals surface area (Å²) in [6.07, 6.45) is 5.45. The van der Waals surface area contributed by atoms with Gasteiger partial charge in [0.1, 0.15) is 11.4 Å². The molecule has 3 rings (SSSR count). The molecule has 0 saturated heterocycles. The first-order valence-electron chi connectivity index (χ1n) is 8.56. The molecule has 9 nitrogen and oxygen atoms in total. The van der Waals surface area contributed by atoms with Crippen molar-refractivity contribution < 1.29 is 18.7 Å². The van der Waals surface area contributed by atoms with Crippen LogP contribution in [0, 0.1) is 5.82 Å². The average molecular weight is 396 g/mol. The van der Waals surface area contributed by atoms with Gasteiger partial charge in [0.15, 0.2) is 5.82 Å². The molecular formula is C19H17FN6O3. The zero-order chi connectivity index (χ0) is 20.6. The van der Waals surface area contributed by atoms with Crippen LogP contribution in [0.3, 0.4) is 0 Å². The Hall–Kier alpha value is -3.95. The quantitative estimate of drug-likeness (QED) is 0.481. The fraction of sp³-hybridized carbons (Fsp3) is 0.158. The minimum atomic E-state index is -0.613. The third-order valence-electron chi connectivity index (χ3n) is 3.60. The highest BCUT2D eigenvalue weighted by molar-refractivity contribution is 5.93. The van der Waals surface area contributed by atoms with Crippen LogP contribution in [0.1, 0.15) is 23.1 Å². The molecule has 0 aromatic carbocycles. The number of hydrazone groups is 1. The molecule has 0 saturated carbocycles. The lowest BCUT2D eigenvalue weighted by Gasteiger charge is -2.05. The lowest BCUT2D eigenvalue weighted by atomic mass is 10.2. The Morgan fingerprint density at radius 2 is 2.00 bits per heavy atom. The van der Waals surface area contributed by atoms with E-state index in [0.717, 1.165) is 6.21 Å². The molecule has 0 radical (unpaired) electrons. The number of rotatable bonds is 7. The van der Waals surface area contributed by atoms with E-state index in [1.807, 2.05) is 6.92 Å². The predicted octanol–water partition coefficient (Wildman–Crippen LogP) is 2.24. The summed E-state index contributed by atoms with van der Waals surface area (Å²) in [4.78, 5) is 28.6. The number of pyridine rings is 2. The molecule has 10 heteroatoms. The van der Waals surface area contributed by atoms with Crippen molar-refractivity contribution in [2.75, 3.05) is 13.7 Å². The zero-order valence-corrected chi connectivity index (χ0v) is 15.7. The van der Waals surface area contributed by atoms with E-state index in [1.54, 1.807) is 18.3 Å². The van der Waals surface area contributed by atoms with Crippen LogP contribution in [0.15, 0.2) is 48.0 Å². The van der Waals surface area contributed by atoms with Gasteiger partial charge in [-0.3, -0.25) is 9.78 Å². The van der Waals surface area contributed by atoms with E-state index >= 15 is 0 Å². The summed E-state index contributed by atoms with van der Waals surface area (Å²) >= 11 is 0. The van der Waals surface area contributed by atoms with Crippen molar-refractivity contribution in [3.05, 3.63) is 60.1 Å². The van der Waals surface area contributed by atoms with Crippen molar-refractivity contribution in [2.45, 2.75) is 6.92 Å². The first-order chi connectivity index (χ1) is 14.1. The third kappa shape index (κ3) is 5.06. The van der Waals surface area contributed by atoms with Crippen molar-refractivity contribution in [1.82, 2.24) is 25.4 Å². The summed E-state index contributed by atoms with van der Waals surface area (Å²) in [6, 6.07) is 6.03. The number of hydrogen-bond acceptors (Lipinski definition) is 8. The van der Waals surface area contributed by atoms with Gasteiger partial charge in [0.25, 0.3) is 5.91 Å². The van der Waals surface area contributed by atoms with Crippen LogP contribution in [0.25, 0.3) is 11.3 Å². The highest BCUT2D eigenvalue weighted by Gasteiger charge is 2.10. The minimum Gasteiger partial charge on any atom is -0.481 e. The fourth-order valence-corrected chi connectivity index (χ4v) is 2.23. The number of carbonyl (C=O) groups excluding carboxylic acids is 1. The van der Waals surface area contributed by atoms with Crippen LogP contribution < -0.4 is 14.9 Å². The van der Waals surface area contributed by atoms with Crippen molar-refractivity contribution in [1.29, 1.82) is 0 Å². The van der Waals surface area contributed by atoms with Gasteiger partial charge in [-0.1, -0.05) is 0 Å². The standard InChI is InChI=1S/C19H17FN6O3/c1-3-29-17-6-4-12(8-22-17)14-9-21-10-16(24-14)19(27)26-23-11-15-13(20)5-7-18(25-15)28-2/h4-11H,3H2,1-2H3,(H,26,27)/b23-11+. The fourth-order valence-electron chi connectivity index (χ4n) is 2.23. The highest BCUT2D eigenvalue weighted by atomic mass is 19.1. The monoisotopic (exact) mass is 396 g/mol. The second-order valence-electron chi connectivity index (χ2n) is 5.53. The molecule has 3 aromatic rings. The van der Waals surface area contributed by atoms with E-state index in [0.29, 0.717) is 23.7 Å². The average Bonchev–Trinajstić information content (AvgIpc) is 2.76. The van der Waals surface area contributed by atoms with Crippen molar-refractivity contribution in [2.24, 2.45) is 5.10 Å². The number of hydrogen-bond donors (Lipinski definition) is 1. The lowest BCUT2D eigenvalue weighted by molar-refractivity contribution is 0.0950. The van der Waals surface area contributed by atoms with Gasteiger partial charge in [0.05, 0.1) is 38.0 Å². The Balaban J connectivity index is 1.71. The number of methoxy groups -OCH3 is 1. The van der Waals surface area contributed by atoms with Gasteiger partial charge >= 0.3 is 0 Å². The predicted molar refractivity (Wildman–Crippen MR) is 102 cm³/mol. The van der Waals surface area contributed by atoms with Gasteiger partial charge in [-0.15, -0.1) is 0 Å². The maximum atomic E-state index is 13.7. The lowest BCUT2D eigenvalue weighted by Crippen LogP contribution is -2.19. The van der Waals surface area contributed by atoms with E-state index in [4.69, 9.17) is 9.47 Å². The van der Waals surface area contributed by atoms with E-state index in [-0.39, 0.29) is 17.3 Å². The number of carbonyl (C=O) groups is 1. The molecule has 1 N–H and O–H groups in total. The van der Waals surface area contributed by atoms with E-state index < -0.39 is 11.7 Å². The molecule has 0 bridgehead atoms. The Kier molecular flexibility index (Phi) is 6.36. The summed E-state index contributed by atoms with van der Waals surface area (Å²) in [5.41, 5.74) is 3.34. The van der Waals surface area contributed by atoms with Gasteiger partial charge in [0, 0.05) is 23.9 Å². The Morgan fingerprint density at radius 3 is 2.72 bits per heavy atom. The maximum absolute atomic E-state index is 13.7. The first-order valence-corrected chi connectivity index (χ1v) is 8.56. The van der Waals surface area contributed by atoms with Gasteiger partial charge in [-0.05, 0) is 19.1 Å². The third-order valence-corrected chi connectivity index (χ3v) is 3.60. The molecular weight excluding hydrogens is 379 g/mol. The van der Waals surface area contributed by atoms with E-state index in [9.17, 15) is 9.18 Å². The van der Waals surface area contributed by atoms with E-state index in [2.05, 4.69) is 30.5 Å². The second kappa shape index (κ2) is 9.31. The molecule has 0 aliphatic heterocycles. The first kappa shape index (κ1) is 19.8. The van der Waals surface area contributed by atoms with Gasteiger partial charge in [-0.25, -0.2) is 24.8 Å². The van der Waals surface area contributed by atoms with Gasteiger partial charge in [0.2, 0.25) is 11.8 Å². The van der Waals surface area contributed by atoms with Crippen LogP contribution in [0.4, 0.5) is 4.39 Å². The summed E-state index contributed by atoms with van der Waals surface area (Å²) in [7, 11) is 1.41. The largest absolute Gasteiger partial charge is 0.481 e. The topological polar surface area (TPSA) is 111 Å². The van der Waals surface area contributed by atoms with Crippen LogP contribution in [0.2, 0.25) is 0 Å². The maximum Gasteiger partial charge on any atom is 0.291 e. The van der Waals surface area contributed by atoms with Crippen molar-refractivity contribution in [3.63, 3.8) is 0 Å². The number of halogens is 1. The molecule has 1 amide bonds. The second-order valence-corrected chi connectivity index (χ2v) is 5.53. The molecule has 0 aliphatic carbocycles. The summed E-state index contributed by atoms with van der Waals surface area (Å²) in [5, 5.41) is 3.71. The molecule has 0 unspecified atom stereocenters. The zero-order valence-electron chi connectivity index (χ0n) is 15.7. The van der Waals surface area contributed by atoms with Crippen LogP contribution >= 0.6 is 0 Å². The molecule has 0 aliphatic rings. The number of amides is 1. The number of nitrogens with one attached hydrogen (secondary N) is 1. The Labute approximate surface area is 165 Å². The van der Waals surface area contributed by atoms with Gasteiger partial charge in [-0.2, -0.15) is 5.10 Å². The Morgan fingerprint density at radius 1 is 1.17 bits per heavy atom. The summed E-state index contributed by atoms with van der Waals surface area (Å²) < 4.78 is 23.9. The molecule has 3 aromatic heterocycles. The van der Waals surface area contributed by atoms with Crippen LogP contribution in [-0.4, -0.2) is 45.8 Å². The SMILES string of the molecule is CCOc1ccc(-c2cncc(C(=O)N/N=C/c3nc(OC)ccc3F)n2)cn1. The number of aromatic nitrogens is 4. The Bertz CT molecular complexity index is 1030. The molecule has 29 heavy (non-hydrogen) atoms. The number of ether oxygens (including phenoxy) is 2. The van der Waals surface area contributed by atoms with E-state index in [1.165, 1.54) is 31.6 Å². The molecule has 0 spiro atoms. The normalized spacial score (nSPS) is 10.7. The summed E-state index contributed by atoms with van der Waals surface area (Å²) in [6.45, 7) is 2.38. The minimum absolute atomic E-state index is 0.0348. The molecule has 148 valence electrons. The molecule has 3 heterocycles. The highest BCUT2D eigenvalue weighted by Crippen LogP contribution is 2.18. The smallest absolute Gasteiger partial charge is 0.291 e. The van der Waals surface area contributed by atoms with Gasteiger partial charge < -0.3 is 9.47 Å². The molecule has 0 fully saturated rings. The van der Waals surface area contributed by atoms with Crippen molar-refractivity contribution in [3.8, 4) is 23.0 Å². The molecule has 0 atom stereocenters. The summed E-state index contributed by atoms with van der Waals surface area (Å²) in [5.74, 6) is -0.501. The van der Waals surface area contributed by atoms with Crippen LogP contribution in [-0.2, 0) is 0 Å². The number of nitrogens with zero attached hydrogens (tertiary/aromatic N) is 5. The van der Waals surface area contributed by atoms with Crippen molar-refractivity contribution >= 4 is 12.1 Å².